The third-order valence-electron chi connectivity index (χ3n) is 8.52. The van der Waals surface area contributed by atoms with E-state index in [4.69, 9.17) is 4.74 Å². The van der Waals surface area contributed by atoms with Gasteiger partial charge in [-0.25, -0.2) is 0 Å². The third kappa shape index (κ3) is 5.44. The monoisotopic (exact) mass is 607 g/mol. The molecule has 3 aliphatic rings. The zero-order valence-electron chi connectivity index (χ0n) is 22.8. The number of anilines is 1. The van der Waals surface area contributed by atoms with E-state index in [1.807, 2.05) is 18.2 Å². The number of allylic oxidation sites excluding steroid dienone is 2. The lowest BCUT2D eigenvalue weighted by molar-refractivity contribution is -0.122. The first-order valence-corrected chi connectivity index (χ1v) is 14.9. The average molecular weight is 608 g/mol. The summed E-state index contributed by atoms with van der Waals surface area (Å²) >= 11 is 3.48. The van der Waals surface area contributed by atoms with Gasteiger partial charge in [0.2, 0.25) is 11.8 Å². The molecule has 2 aromatic carbocycles. The van der Waals surface area contributed by atoms with Crippen LogP contribution in [0.4, 0.5) is 5.69 Å². The first-order chi connectivity index (χ1) is 19.2. The van der Waals surface area contributed by atoms with E-state index in [9.17, 15) is 24.7 Å². The minimum Gasteiger partial charge on any atom is -0.507 e. The number of rotatable bonds is 9. The van der Waals surface area contributed by atoms with Crippen LogP contribution in [-0.2, 0) is 14.3 Å². The van der Waals surface area contributed by atoms with E-state index in [0.29, 0.717) is 18.7 Å². The first kappa shape index (κ1) is 28.8. The van der Waals surface area contributed by atoms with Gasteiger partial charge in [0.25, 0.3) is 0 Å². The molecule has 2 heterocycles. The molecule has 9 heteroatoms. The van der Waals surface area contributed by atoms with Crippen LogP contribution in [0.2, 0.25) is 0 Å². The third-order valence-corrected chi connectivity index (χ3v) is 9.01. The molecule has 2 amide bonds. The van der Waals surface area contributed by atoms with Gasteiger partial charge in [-0.2, -0.15) is 0 Å². The molecule has 0 radical (unpaired) electrons. The van der Waals surface area contributed by atoms with Gasteiger partial charge in [0, 0.05) is 16.0 Å². The molecule has 0 saturated carbocycles. The molecule has 0 bridgehead atoms. The van der Waals surface area contributed by atoms with Crippen molar-refractivity contribution in [1.29, 1.82) is 0 Å². The van der Waals surface area contributed by atoms with Crippen molar-refractivity contribution in [1.82, 2.24) is 0 Å². The highest BCUT2D eigenvalue weighted by molar-refractivity contribution is 9.10. The van der Waals surface area contributed by atoms with Crippen LogP contribution in [0.1, 0.15) is 57.9 Å². The van der Waals surface area contributed by atoms with E-state index in [2.05, 4.69) is 29.8 Å². The van der Waals surface area contributed by atoms with Gasteiger partial charge in [-0.3, -0.25) is 14.5 Å². The van der Waals surface area contributed by atoms with Crippen molar-refractivity contribution in [2.24, 2.45) is 17.8 Å². The topological polar surface area (TPSA) is 107 Å². The summed E-state index contributed by atoms with van der Waals surface area (Å²) in [5.74, 6) is -1.26. The van der Waals surface area contributed by atoms with Crippen LogP contribution in [0.5, 0.6) is 5.75 Å². The summed E-state index contributed by atoms with van der Waals surface area (Å²) in [5.41, 5.74) is 5.03. The summed E-state index contributed by atoms with van der Waals surface area (Å²) in [6.45, 7) is 4.64. The minimum atomic E-state index is -1.68. The van der Waals surface area contributed by atoms with Crippen molar-refractivity contribution >= 4 is 52.1 Å². The molecular formula is C31H35BBrNO6. The number of fused-ring (bicyclic) bond motifs is 3. The normalized spacial score (nSPS) is 24.5. The van der Waals surface area contributed by atoms with Gasteiger partial charge in [-0.05, 0) is 73.5 Å². The van der Waals surface area contributed by atoms with Crippen LogP contribution in [0, 0.1) is 17.8 Å². The Morgan fingerprint density at radius 1 is 1.12 bits per heavy atom. The molecule has 0 aromatic heterocycles. The fourth-order valence-corrected chi connectivity index (χ4v) is 7.00. The minimum absolute atomic E-state index is 0.108. The van der Waals surface area contributed by atoms with Crippen molar-refractivity contribution in [3.8, 4) is 5.75 Å². The Balaban J connectivity index is 1.39. The fourth-order valence-electron chi connectivity index (χ4n) is 6.62. The van der Waals surface area contributed by atoms with E-state index in [1.54, 1.807) is 24.3 Å². The highest BCUT2D eigenvalue weighted by Crippen LogP contribution is 2.51. The molecule has 2 aliphatic heterocycles. The molecule has 0 spiro atoms. The Morgan fingerprint density at radius 2 is 1.93 bits per heavy atom. The van der Waals surface area contributed by atoms with Gasteiger partial charge in [0.1, 0.15) is 5.75 Å². The molecule has 3 N–H and O–H groups in total. The van der Waals surface area contributed by atoms with Gasteiger partial charge >= 0.3 is 7.12 Å². The van der Waals surface area contributed by atoms with E-state index in [0.717, 1.165) is 42.1 Å². The van der Waals surface area contributed by atoms with Gasteiger partial charge in [0.15, 0.2) is 0 Å². The highest BCUT2D eigenvalue weighted by Gasteiger charge is 2.57. The van der Waals surface area contributed by atoms with Crippen molar-refractivity contribution in [2.45, 2.75) is 58.5 Å². The summed E-state index contributed by atoms with van der Waals surface area (Å²) in [4.78, 5) is 28.6. The second-order valence-corrected chi connectivity index (χ2v) is 11.9. The summed E-state index contributed by atoms with van der Waals surface area (Å²) in [7, 11) is -1.68. The lowest BCUT2D eigenvalue weighted by Crippen LogP contribution is -2.35. The predicted molar refractivity (Wildman–Crippen MR) is 159 cm³/mol. The fraction of sp³-hybridized carbons (Fsp3) is 0.419. The van der Waals surface area contributed by atoms with E-state index < -0.39 is 19.0 Å². The maximum absolute atomic E-state index is 13.8. The number of carbonyl (C=O) groups excluding carboxylic acids is 2. The molecule has 0 unspecified atom stereocenters. The second-order valence-electron chi connectivity index (χ2n) is 11.0. The van der Waals surface area contributed by atoms with E-state index >= 15 is 0 Å². The average Bonchev–Trinajstić information content (AvgIpc) is 3.47. The smallest absolute Gasteiger partial charge is 0.488 e. The number of halogens is 1. The number of benzene rings is 2. The summed E-state index contributed by atoms with van der Waals surface area (Å²) < 4.78 is 7.26. The number of hydrogen-bond donors (Lipinski definition) is 3. The van der Waals surface area contributed by atoms with Crippen LogP contribution in [0.3, 0.4) is 0 Å². The molecule has 4 atom stereocenters. The Kier molecular flexibility index (Phi) is 8.66. The van der Waals surface area contributed by atoms with Crippen LogP contribution in [-0.4, -0.2) is 46.8 Å². The summed E-state index contributed by atoms with van der Waals surface area (Å²) in [6, 6.07) is 11.7. The molecule has 40 heavy (non-hydrogen) atoms. The number of ether oxygens (including phenoxy) is 1. The van der Waals surface area contributed by atoms with Crippen molar-refractivity contribution in [2.75, 3.05) is 11.5 Å². The van der Waals surface area contributed by atoms with E-state index in [1.165, 1.54) is 27.7 Å². The quantitative estimate of drug-likeness (QED) is 0.216. The van der Waals surface area contributed by atoms with E-state index in [-0.39, 0.29) is 35.0 Å². The van der Waals surface area contributed by atoms with Crippen molar-refractivity contribution < 1.29 is 29.5 Å². The number of hydrogen-bond acceptors (Lipinski definition) is 6. The van der Waals surface area contributed by atoms with Crippen molar-refractivity contribution in [3.05, 3.63) is 69.2 Å². The molecule has 2 saturated heterocycles. The molecule has 210 valence electrons. The Hall–Kier alpha value is -2.72. The van der Waals surface area contributed by atoms with Gasteiger partial charge in [-0.1, -0.05) is 65.6 Å². The zero-order valence-corrected chi connectivity index (χ0v) is 24.4. The van der Waals surface area contributed by atoms with Gasteiger partial charge < -0.3 is 19.9 Å². The zero-order chi connectivity index (χ0) is 28.6. The lowest BCUT2D eigenvalue weighted by atomic mass is 9.68. The first-order valence-electron chi connectivity index (χ1n) is 14.1. The molecule has 7 nitrogen and oxygen atoms in total. The number of amides is 2. The van der Waals surface area contributed by atoms with Crippen LogP contribution in [0.25, 0.3) is 6.08 Å². The predicted octanol–water partition coefficient (Wildman–Crippen LogP) is 4.73. The number of phenols is 1. The Morgan fingerprint density at radius 3 is 2.65 bits per heavy atom. The molecule has 1 aliphatic carbocycles. The molecule has 5 rings (SSSR count). The maximum Gasteiger partial charge on any atom is 0.488 e. The number of imide groups is 1. The van der Waals surface area contributed by atoms with Crippen LogP contribution < -0.4 is 10.4 Å². The highest BCUT2D eigenvalue weighted by atomic mass is 79.9. The molecule has 2 aromatic rings. The van der Waals surface area contributed by atoms with Gasteiger partial charge in [-0.15, -0.1) is 0 Å². The Labute approximate surface area is 243 Å². The second kappa shape index (κ2) is 12.0. The number of phenolic OH excluding ortho intramolecular Hbond substituents is 1. The lowest BCUT2D eigenvalue weighted by Gasteiger charge is -2.32. The largest absolute Gasteiger partial charge is 0.507 e. The number of carbonyl (C=O) groups is 2. The summed E-state index contributed by atoms with van der Waals surface area (Å²) in [5, 5.41) is 29.5. The van der Waals surface area contributed by atoms with Crippen LogP contribution >= 0.6 is 15.9 Å². The standard InChI is InChI=1S/C31H35BBrNO6/c1-3-6-19-15-24-29(31(37)34(30(24)36)23-8-5-7-21(16-23)32(38)39)25-17-40-27(28(19)25)12-9-18(4-2)13-20-14-22(33)10-11-26(20)35/h5,7-8,10-11,13-14,16,24-25,27,29,35,38-39H,3-4,6,9,12,15,17H2,1-2H3/b18-13+/t24-,25+,27-,29-/m1/s1. The molecular weight excluding hydrogens is 573 g/mol. The van der Waals surface area contributed by atoms with Crippen molar-refractivity contribution in [3.63, 3.8) is 0 Å². The number of nitrogens with zero attached hydrogens (tertiary/aromatic N) is 1. The summed E-state index contributed by atoms with van der Waals surface area (Å²) in [6.07, 6.45) is 6.71. The molecule has 2 fully saturated rings. The van der Waals surface area contributed by atoms with Gasteiger partial charge in [0.05, 0.1) is 30.2 Å². The Bertz CT molecular complexity index is 1370. The SMILES string of the molecule is CCCC1=C2[C@@H](CC/C(=C/c3cc(Br)ccc3O)CC)OC[C@@H]2[C@@H]2C(=O)N(c3cccc(B(O)O)c3)C(=O)[C@@H]2C1. The number of aromatic hydroxyl groups is 1. The maximum atomic E-state index is 13.8. The van der Waals surface area contributed by atoms with Crippen LogP contribution in [0.15, 0.2) is 63.7 Å².